The van der Waals surface area contributed by atoms with Gasteiger partial charge in [0.2, 0.25) is 0 Å². The molecule has 0 saturated carbocycles. The maximum atomic E-state index is 11.4. The first kappa shape index (κ1) is 11.2. The molecule has 1 N–H and O–H groups in total. The van der Waals surface area contributed by atoms with Crippen LogP contribution < -0.4 is 5.32 Å². The molecule has 3 nitrogen and oxygen atoms in total. The van der Waals surface area contributed by atoms with Crippen LogP contribution in [0.1, 0.15) is 4.88 Å². The highest BCUT2D eigenvalue weighted by molar-refractivity contribution is 7.10. The van der Waals surface area contributed by atoms with Gasteiger partial charge in [0.05, 0.1) is 0 Å². The molecule has 1 aromatic heterocycles. The van der Waals surface area contributed by atoms with E-state index in [4.69, 9.17) is 5.26 Å². The first-order valence-electron chi connectivity index (χ1n) is 4.32. The van der Waals surface area contributed by atoms with E-state index in [0.717, 1.165) is 4.88 Å². The van der Waals surface area contributed by atoms with E-state index < -0.39 is 0 Å². The minimum absolute atomic E-state index is 0.110. The van der Waals surface area contributed by atoms with Gasteiger partial charge in [-0.15, -0.1) is 17.9 Å². The Labute approximate surface area is 92.4 Å². The lowest BCUT2D eigenvalue weighted by Crippen LogP contribution is -2.24. The highest BCUT2D eigenvalue weighted by Gasteiger charge is 2.07. The third-order valence-corrected chi connectivity index (χ3v) is 2.42. The summed E-state index contributed by atoms with van der Waals surface area (Å²) in [5.41, 5.74) is 0.110. The molecule has 1 heterocycles. The Morgan fingerprint density at radius 3 is 3.07 bits per heavy atom. The van der Waals surface area contributed by atoms with Crippen molar-refractivity contribution in [1.29, 1.82) is 5.26 Å². The van der Waals surface area contributed by atoms with E-state index in [1.54, 1.807) is 12.2 Å². The number of carbonyl (C=O) groups excluding carboxylic acids is 1. The summed E-state index contributed by atoms with van der Waals surface area (Å²) in [5, 5.41) is 13.2. The van der Waals surface area contributed by atoms with E-state index in [9.17, 15) is 4.79 Å². The van der Waals surface area contributed by atoms with Crippen molar-refractivity contribution in [2.24, 2.45) is 0 Å². The van der Waals surface area contributed by atoms with Gasteiger partial charge in [-0.2, -0.15) is 5.26 Å². The molecule has 0 atom stereocenters. The van der Waals surface area contributed by atoms with Gasteiger partial charge in [-0.25, -0.2) is 0 Å². The number of carbonyl (C=O) groups is 1. The zero-order valence-corrected chi connectivity index (χ0v) is 8.88. The molecule has 0 unspecified atom stereocenters. The fourth-order valence-corrected chi connectivity index (χ4v) is 1.58. The quantitative estimate of drug-likeness (QED) is 0.477. The molecular formula is C11H10N2OS. The summed E-state index contributed by atoms with van der Waals surface area (Å²) in [5.74, 6) is -0.370. The molecule has 0 aliphatic carbocycles. The summed E-state index contributed by atoms with van der Waals surface area (Å²) in [6.45, 7) is 3.84. The monoisotopic (exact) mass is 218 g/mol. The molecule has 0 bridgehead atoms. The fraction of sp³-hybridized carbons (Fsp3) is 0.0909. The van der Waals surface area contributed by atoms with Crippen molar-refractivity contribution in [3.8, 4) is 6.07 Å². The molecule has 0 aliphatic heterocycles. The average molecular weight is 218 g/mol. The molecule has 0 aromatic carbocycles. The molecule has 0 fully saturated rings. The Balaban J connectivity index is 2.76. The lowest BCUT2D eigenvalue weighted by atomic mass is 10.2. The Kier molecular flexibility index (Phi) is 4.32. The van der Waals surface area contributed by atoms with Crippen molar-refractivity contribution in [2.75, 3.05) is 6.54 Å². The summed E-state index contributed by atoms with van der Waals surface area (Å²) in [6, 6.07) is 5.59. The summed E-state index contributed by atoms with van der Waals surface area (Å²) in [4.78, 5) is 12.3. The number of nitrogens with zero attached hydrogens (tertiary/aromatic N) is 1. The standard InChI is InChI=1S/C11H10N2OS/c1-2-5-13-11(14)9(8-12)7-10-4-3-6-15-10/h2-4,6-7H,1,5H2,(H,13,14)/b9-7+. The van der Waals surface area contributed by atoms with Crippen LogP contribution in [0.4, 0.5) is 0 Å². The number of rotatable bonds is 4. The minimum Gasteiger partial charge on any atom is -0.348 e. The van der Waals surface area contributed by atoms with Gasteiger partial charge in [-0.1, -0.05) is 12.1 Å². The zero-order chi connectivity index (χ0) is 11.1. The molecule has 0 saturated heterocycles. The van der Waals surface area contributed by atoms with Crippen LogP contribution in [0, 0.1) is 11.3 Å². The summed E-state index contributed by atoms with van der Waals surface area (Å²) in [6.07, 6.45) is 3.14. The van der Waals surface area contributed by atoms with E-state index in [1.165, 1.54) is 11.3 Å². The number of nitriles is 1. The van der Waals surface area contributed by atoms with E-state index in [0.29, 0.717) is 6.54 Å². The second-order valence-electron chi connectivity index (χ2n) is 2.68. The van der Waals surface area contributed by atoms with Gasteiger partial charge in [-0.05, 0) is 17.5 Å². The molecule has 1 amide bonds. The van der Waals surface area contributed by atoms with Gasteiger partial charge in [0.1, 0.15) is 11.6 Å². The predicted molar refractivity (Wildman–Crippen MR) is 61.1 cm³/mol. The summed E-state index contributed by atoms with van der Waals surface area (Å²) >= 11 is 1.48. The number of nitrogens with one attached hydrogen (secondary N) is 1. The van der Waals surface area contributed by atoms with E-state index in [2.05, 4.69) is 11.9 Å². The topological polar surface area (TPSA) is 52.9 Å². The maximum absolute atomic E-state index is 11.4. The van der Waals surface area contributed by atoms with Crippen LogP contribution in [0.3, 0.4) is 0 Å². The number of hydrogen-bond donors (Lipinski definition) is 1. The molecule has 76 valence electrons. The van der Waals surface area contributed by atoms with Crippen molar-refractivity contribution >= 4 is 23.3 Å². The van der Waals surface area contributed by atoms with Crippen LogP contribution in [0.2, 0.25) is 0 Å². The van der Waals surface area contributed by atoms with Crippen molar-refractivity contribution in [1.82, 2.24) is 5.32 Å². The largest absolute Gasteiger partial charge is 0.348 e. The van der Waals surface area contributed by atoms with Crippen LogP contribution >= 0.6 is 11.3 Å². The Morgan fingerprint density at radius 2 is 2.53 bits per heavy atom. The highest BCUT2D eigenvalue weighted by atomic mass is 32.1. The van der Waals surface area contributed by atoms with E-state index in [1.807, 2.05) is 23.6 Å². The van der Waals surface area contributed by atoms with Gasteiger partial charge in [0.25, 0.3) is 5.91 Å². The number of amides is 1. The third kappa shape index (κ3) is 3.41. The number of thiophene rings is 1. The zero-order valence-electron chi connectivity index (χ0n) is 8.06. The normalized spacial score (nSPS) is 10.5. The number of hydrogen-bond acceptors (Lipinski definition) is 3. The first-order valence-corrected chi connectivity index (χ1v) is 5.20. The molecule has 0 radical (unpaired) electrons. The van der Waals surface area contributed by atoms with Gasteiger partial charge in [0, 0.05) is 11.4 Å². The van der Waals surface area contributed by atoms with Gasteiger partial charge in [-0.3, -0.25) is 4.79 Å². The van der Waals surface area contributed by atoms with Gasteiger partial charge in [0.15, 0.2) is 0 Å². The molecule has 1 aromatic rings. The van der Waals surface area contributed by atoms with Crippen molar-refractivity contribution in [3.63, 3.8) is 0 Å². The maximum Gasteiger partial charge on any atom is 0.262 e. The minimum atomic E-state index is -0.370. The van der Waals surface area contributed by atoms with Crippen molar-refractivity contribution in [3.05, 3.63) is 40.6 Å². The van der Waals surface area contributed by atoms with Gasteiger partial charge < -0.3 is 5.32 Å². The molecule has 4 heteroatoms. The van der Waals surface area contributed by atoms with Gasteiger partial charge >= 0.3 is 0 Å². The smallest absolute Gasteiger partial charge is 0.262 e. The third-order valence-electron chi connectivity index (χ3n) is 1.60. The average Bonchev–Trinajstić information content (AvgIpc) is 2.75. The van der Waals surface area contributed by atoms with Crippen LogP contribution in [-0.4, -0.2) is 12.5 Å². The summed E-state index contributed by atoms with van der Waals surface area (Å²) < 4.78 is 0. The SMILES string of the molecule is C=CCNC(=O)/C(C#N)=C/c1cccs1. The lowest BCUT2D eigenvalue weighted by molar-refractivity contribution is -0.116. The molecule has 0 aliphatic rings. The second kappa shape index (κ2) is 5.78. The second-order valence-corrected chi connectivity index (χ2v) is 3.66. The fourth-order valence-electron chi connectivity index (χ4n) is 0.924. The van der Waals surface area contributed by atoms with Crippen LogP contribution in [-0.2, 0) is 4.79 Å². The lowest BCUT2D eigenvalue weighted by Gasteiger charge is -1.98. The van der Waals surface area contributed by atoms with Crippen molar-refractivity contribution in [2.45, 2.75) is 0 Å². The van der Waals surface area contributed by atoms with Crippen molar-refractivity contribution < 1.29 is 4.79 Å². The Morgan fingerprint density at radius 1 is 1.73 bits per heavy atom. The molecule has 0 spiro atoms. The van der Waals surface area contributed by atoms with E-state index >= 15 is 0 Å². The Bertz CT molecular complexity index is 412. The predicted octanol–water partition coefficient (Wildman–Crippen LogP) is 1.96. The first-order chi connectivity index (χ1) is 7.27. The Hall–Kier alpha value is -1.86. The van der Waals surface area contributed by atoms with Crippen LogP contribution in [0.5, 0.6) is 0 Å². The molecular weight excluding hydrogens is 208 g/mol. The van der Waals surface area contributed by atoms with Crippen LogP contribution in [0.15, 0.2) is 35.7 Å². The van der Waals surface area contributed by atoms with Crippen LogP contribution in [0.25, 0.3) is 6.08 Å². The molecule has 1 rings (SSSR count). The summed E-state index contributed by atoms with van der Waals surface area (Å²) in [7, 11) is 0. The highest BCUT2D eigenvalue weighted by Crippen LogP contribution is 2.12. The molecule has 15 heavy (non-hydrogen) atoms. The van der Waals surface area contributed by atoms with E-state index in [-0.39, 0.29) is 11.5 Å².